The van der Waals surface area contributed by atoms with E-state index in [2.05, 4.69) is 9.72 Å². The highest BCUT2D eigenvalue weighted by atomic mass is 35.5. The Morgan fingerprint density at radius 3 is 2.64 bits per heavy atom. The van der Waals surface area contributed by atoms with Crippen molar-refractivity contribution in [2.24, 2.45) is 0 Å². The summed E-state index contributed by atoms with van der Waals surface area (Å²) in [6.07, 6.45) is 0. The molecule has 0 radical (unpaired) electrons. The predicted octanol–water partition coefficient (Wildman–Crippen LogP) is 1.84. The van der Waals surface area contributed by atoms with Crippen LogP contribution in [0.3, 0.4) is 0 Å². The first kappa shape index (κ1) is 10.8. The van der Waals surface area contributed by atoms with E-state index in [1.807, 2.05) is 0 Å². The minimum atomic E-state index is -0.572. The second kappa shape index (κ2) is 4.28. The maximum absolute atomic E-state index is 11.2. The number of halogens is 1. The zero-order valence-electron chi connectivity index (χ0n) is 8.13. The molecule has 4 nitrogen and oxygen atoms in total. The zero-order valence-corrected chi connectivity index (χ0v) is 8.88. The van der Waals surface area contributed by atoms with Gasteiger partial charge < -0.3 is 9.47 Å². The molecular weight excluding hydrogens is 206 g/mol. The van der Waals surface area contributed by atoms with E-state index in [0.717, 1.165) is 0 Å². The van der Waals surface area contributed by atoms with Gasteiger partial charge in [0.2, 0.25) is 0 Å². The monoisotopic (exact) mass is 215 g/mol. The van der Waals surface area contributed by atoms with Gasteiger partial charge in [0.05, 0.1) is 14.2 Å². The molecule has 5 heteroatoms. The Hall–Kier alpha value is -1.29. The Balaban J connectivity index is 3.29. The zero-order chi connectivity index (χ0) is 10.7. The Bertz CT molecular complexity index is 365. The number of hydrogen-bond donors (Lipinski definition) is 0. The normalized spacial score (nSPS) is 9.71. The summed E-state index contributed by atoms with van der Waals surface area (Å²) in [5.74, 6) is -0.156. The number of carbonyl (C=O) groups excluding carboxylic acids is 1. The average Bonchev–Trinajstić information content (AvgIpc) is 2.19. The molecule has 0 amide bonds. The van der Waals surface area contributed by atoms with Crippen LogP contribution in [0, 0.1) is 6.92 Å². The van der Waals surface area contributed by atoms with Crippen molar-refractivity contribution in [2.45, 2.75) is 6.92 Å². The number of aryl methyl sites for hydroxylation is 1. The first-order chi connectivity index (χ1) is 6.60. The molecule has 1 aromatic heterocycles. The number of esters is 1. The molecule has 0 N–H and O–H groups in total. The van der Waals surface area contributed by atoms with Crippen molar-refractivity contribution in [3.05, 3.63) is 22.5 Å². The summed E-state index contributed by atoms with van der Waals surface area (Å²) in [5, 5.41) is 0.171. The van der Waals surface area contributed by atoms with Crippen LogP contribution >= 0.6 is 11.6 Å². The highest BCUT2D eigenvalue weighted by molar-refractivity contribution is 6.34. The van der Waals surface area contributed by atoms with E-state index in [1.54, 1.807) is 13.0 Å². The molecule has 0 atom stereocenters. The predicted molar refractivity (Wildman–Crippen MR) is 51.9 cm³/mol. The molecular formula is C9H10ClNO3. The summed E-state index contributed by atoms with van der Waals surface area (Å²) in [4.78, 5) is 15.2. The molecule has 0 fully saturated rings. The lowest BCUT2D eigenvalue weighted by molar-refractivity contribution is 0.0593. The number of methoxy groups -OCH3 is 2. The fraction of sp³-hybridized carbons (Fsp3) is 0.333. The average molecular weight is 216 g/mol. The van der Waals surface area contributed by atoms with Crippen LogP contribution in [0.5, 0.6) is 5.75 Å². The number of nitrogens with zero attached hydrogens (tertiary/aromatic N) is 1. The van der Waals surface area contributed by atoms with Crippen LogP contribution in [0.15, 0.2) is 6.07 Å². The molecule has 0 unspecified atom stereocenters. The van der Waals surface area contributed by atoms with Gasteiger partial charge in [-0.15, -0.1) is 0 Å². The molecule has 0 saturated carbocycles. The van der Waals surface area contributed by atoms with Crippen molar-refractivity contribution in [2.75, 3.05) is 14.2 Å². The SMILES string of the molecule is COC(=O)c1nc(C)cc(OC)c1Cl. The smallest absolute Gasteiger partial charge is 0.358 e. The van der Waals surface area contributed by atoms with E-state index >= 15 is 0 Å². The number of hydrogen-bond acceptors (Lipinski definition) is 4. The summed E-state index contributed by atoms with van der Waals surface area (Å²) in [5.41, 5.74) is 0.720. The molecule has 14 heavy (non-hydrogen) atoms. The largest absolute Gasteiger partial charge is 0.495 e. The van der Waals surface area contributed by atoms with Gasteiger partial charge in [-0.2, -0.15) is 0 Å². The van der Waals surface area contributed by atoms with Gasteiger partial charge in [0, 0.05) is 11.8 Å². The molecule has 0 bridgehead atoms. The van der Waals surface area contributed by atoms with Gasteiger partial charge in [-0.1, -0.05) is 11.6 Å². The van der Waals surface area contributed by atoms with Crippen LogP contribution in [-0.2, 0) is 4.74 Å². The molecule has 1 aromatic rings. The highest BCUT2D eigenvalue weighted by Crippen LogP contribution is 2.27. The summed E-state index contributed by atoms with van der Waals surface area (Å²) >= 11 is 5.87. The van der Waals surface area contributed by atoms with Crippen LogP contribution in [0.4, 0.5) is 0 Å². The summed E-state index contributed by atoms with van der Waals surface area (Å²) in [6.45, 7) is 1.74. The third-order valence-corrected chi connectivity index (χ3v) is 2.02. The van der Waals surface area contributed by atoms with Crippen LogP contribution < -0.4 is 4.74 Å². The molecule has 76 valence electrons. The molecule has 1 rings (SSSR count). The van der Waals surface area contributed by atoms with E-state index in [0.29, 0.717) is 11.4 Å². The van der Waals surface area contributed by atoms with Crippen LogP contribution in [0.2, 0.25) is 5.02 Å². The minimum absolute atomic E-state index is 0.0750. The standard InChI is InChI=1S/C9H10ClNO3/c1-5-4-6(13-2)7(10)8(11-5)9(12)14-3/h4H,1-3H3. The van der Waals surface area contributed by atoms with Crippen LogP contribution in [0.25, 0.3) is 0 Å². The fourth-order valence-corrected chi connectivity index (χ4v) is 1.26. The summed E-state index contributed by atoms with van der Waals surface area (Å²) in [7, 11) is 2.75. The van der Waals surface area contributed by atoms with Crippen molar-refractivity contribution in [3.8, 4) is 5.75 Å². The molecule has 0 aliphatic heterocycles. The van der Waals surface area contributed by atoms with E-state index in [1.165, 1.54) is 14.2 Å². The van der Waals surface area contributed by atoms with Gasteiger partial charge in [-0.25, -0.2) is 9.78 Å². The molecule has 0 aromatic carbocycles. The van der Waals surface area contributed by atoms with Crippen molar-refractivity contribution < 1.29 is 14.3 Å². The van der Waals surface area contributed by atoms with Gasteiger partial charge in [0.15, 0.2) is 5.69 Å². The molecule has 0 saturated heterocycles. The second-order valence-corrected chi connectivity index (χ2v) is 3.00. The minimum Gasteiger partial charge on any atom is -0.495 e. The van der Waals surface area contributed by atoms with Gasteiger partial charge in [0.25, 0.3) is 0 Å². The number of ether oxygens (including phenoxy) is 2. The van der Waals surface area contributed by atoms with E-state index in [9.17, 15) is 4.79 Å². The van der Waals surface area contributed by atoms with Crippen molar-refractivity contribution in [3.63, 3.8) is 0 Å². The number of pyridine rings is 1. The first-order valence-electron chi connectivity index (χ1n) is 3.89. The van der Waals surface area contributed by atoms with Crippen molar-refractivity contribution >= 4 is 17.6 Å². The molecule has 0 spiro atoms. The van der Waals surface area contributed by atoms with Crippen molar-refractivity contribution in [1.82, 2.24) is 4.98 Å². The quantitative estimate of drug-likeness (QED) is 0.707. The second-order valence-electron chi connectivity index (χ2n) is 2.62. The Morgan fingerprint density at radius 2 is 2.14 bits per heavy atom. The highest BCUT2D eigenvalue weighted by Gasteiger charge is 2.17. The number of rotatable bonds is 2. The third-order valence-electron chi connectivity index (χ3n) is 1.65. The Kier molecular flexibility index (Phi) is 3.30. The van der Waals surface area contributed by atoms with Gasteiger partial charge in [-0.3, -0.25) is 0 Å². The Labute approximate surface area is 86.8 Å². The maximum Gasteiger partial charge on any atom is 0.358 e. The number of carbonyl (C=O) groups is 1. The van der Waals surface area contributed by atoms with E-state index in [4.69, 9.17) is 16.3 Å². The van der Waals surface area contributed by atoms with E-state index in [-0.39, 0.29) is 10.7 Å². The summed E-state index contributed by atoms with van der Waals surface area (Å²) < 4.78 is 9.51. The van der Waals surface area contributed by atoms with E-state index < -0.39 is 5.97 Å². The lowest BCUT2D eigenvalue weighted by Crippen LogP contribution is -2.07. The lowest BCUT2D eigenvalue weighted by atomic mass is 10.3. The molecule has 1 heterocycles. The third kappa shape index (κ3) is 1.96. The fourth-order valence-electron chi connectivity index (χ4n) is 1.01. The lowest BCUT2D eigenvalue weighted by Gasteiger charge is -2.07. The number of aromatic nitrogens is 1. The van der Waals surface area contributed by atoms with Gasteiger partial charge in [-0.05, 0) is 6.92 Å². The maximum atomic E-state index is 11.2. The van der Waals surface area contributed by atoms with Crippen LogP contribution in [-0.4, -0.2) is 25.2 Å². The molecule has 0 aliphatic rings. The Morgan fingerprint density at radius 1 is 1.50 bits per heavy atom. The summed E-state index contributed by atoms with van der Waals surface area (Å²) in [6, 6.07) is 1.65. The van der Waals surface area contributed by atoms with Gasteiger partial charge in [0.1, 0.15) is 10.8 Å². The topological polar surface area (TPSA) is 48.4 Å². The van der Waals surface area contributed by atoms with Gasteiger partial charge >= 0.3 is 5.97 Å². The van der Waals surface area contributed by atoms with Crippen LogP contribution in [0.1, 0.15) is 16.2 Å². The van der Waals surface area contributed by atoms with Crippen molar-refractivity contribution in [1.29, 1.82) is 0 Å². The molecule has 0 aliphatic carbocycles. The first-order valence-corrected chi connectivity index (χ1v) is 4.27.